The minimum absolute atomic E-state index is 0.153. The Morgan fingerprint density at radius 1 is 1.21 bits per heavy atom. The lowest BCUT2D eigenvalue weighted by Crippen LogP contribution is -2.16. The van der Waals surface area contributed by atoms with Crippen LogP contribution in [0.3, 0.4) is 0 Å². The molecule has 1 heterocycles. The predicted molar refractivity (Wildman–Crippen MR) is 90.1 cm³/mol. The zero-order valence-corrected chi connectivity index (χ0v) is 13.6. The molecule has 7 nitrogen and oxygen atoms in total. The van der Waals surface area contributed by atoms with Crippen LogP contribution in [0.5, 0.6) is 0 Å². The number of carbonyl (C=O) groups excluding carboxylic acids is 1. The van der Waals surface area contributed by atoms with Gasteiger partial charge in [-0.2, -0.15) is 0 Å². The summed E-state index contributed by atoms with van der Waals surface area (Å²) in [6, 6.07) is 13.5. The average molecular weight is 345 g/mol. The van der Waals surface area contributed by atoms with Crippen LogP contribution in [0, 0.1) is 0 Å². The molecule has 1 aromatic heterocycles. The molecule has 0 bridgehead atoms. The molecule has 2 N–H and O–H groups in total. The number of ether oxygens (including phenoxy) is 1. The van der Waals surface area contributed by atoms with E-state index in [-0.39, 0.29) is 11.7 Å². The van der Waals surface area contributed by atoms with Crippen molar-refractivity contribution in [3.05, 3.63) is 59.7 Å². The number of fused-ring (bicyclic) bond motifs is 1. The van der Waals surface area contributed by atoms with Crippen molar-refractivity contribution in [2.75, 3.05) is 11.8 Å². The van der Waals surface area contributed by atoms with Gasteiger partial charge in [-0.15, -0.1) is 0 Å². The van der Waals surface area contributed by atoms with Gasteiger partial charge in [0.15, 0.2) is 0 Å². The molecule has 3 aromatic rings. The first-order chi connectivity index (χ1) is 11.5. The van der Waals surface area contributed by atoms with Crippen molar-refractivity contribution < 1.29 is 17.9 Å². The first-order valence-corrected chi connectivity index (χ1v) is 8.74. The molecule has 0 aliphatic rings. The molecule has 0 unspecified atom stereocenters. The zero-order chi connectivity index (χ0) is 17.2. The summed E-state index contributed by atoms with van der Waals surface area (Å²) in [5.41, 5.74) is 2.18. The standard InChI is InChI=1S/C16H15N3O4S/c1-23-15(20)12-6-4-5-11(9-12)10-24(21,22)19-16-17-13-7-2-3-8-14(13)18-16/h2-9H,10H2,1H3,(H2,17,18,19). The van der Waals surface area contributed by atoms with Gasteiger partial charge in [0.25, 0.3) is 0 Å². The summed E-state index contributed by atoms with van der Waals surface area (Å²) in [5, 5.41) is 0. The van der Waals surface area contributed by atoms with Crippen molar-refractivity contribution in [1.82, 2.24) is 9.97 Å². The van der Waals surface area contributed by atoms with Gasteiger partial charge in [0.05, 0.1) is 29.5 Å². The van der Waals surface area contributed by atoms with Gasteiger partial charge >= 0.3 is 5.97 Å². The second-order valence-corrected chi connectivity index (χ2v) is 6.88. The number of carbonyl (C=O) groups is 1. The summed E-state index contributed by atoms with van der Waals surface area (Å²) in [6.45, 7) is 0. The number of hydrogen-bond donors (Lipinski definition) is 2. The van der Waals surface area contributed by atoms with E-state index < -0.39 is 16.0 Å². The Morgan fingerprint density at radius 2 is 2.00 bits per heavy atom. The van der Waals surface area contributed by atoms with E-state index in [9.17, 15) is 13.2 Å². The highest BCUT2D eigenvalue weighted by Gasteiger charge is 2.15. The summed E-state index contributed by atoms with van der Waals surface area (Å²) < 4.78 is 31.7. The molecular weight excluding hydrogens is 330 g/mol. The Bertz CT molecular complexity index is 962. The van der Waals surface area contributed by atoms with E-state index in [1.165, 1.54) is 13.2 Å². The monoisotopic (exact) mass is 345 g/mol. The molecule has 124 valence electrons. The Balaban J connectivity index is 1.79. The van der Waals surface area contributed by atoms with Gasteiger partial charge in [-0.05, 0) is 29.8 Å². The van der Waals surface area contributed by atoms with Crippen LogP contribution in [0.1, 0.15) is 15.9 Å². The molecule has 0 radical (unpaired) electrons. The number of aromatic nitrogens is 2. The van der Waals surface area contributed by atoms with Gasteiger partial charge in [0.2, 0.25) is 16.0 Å². The van der Waals surface area contributed by atoms with E-state index in [1.807, 2.05) is 12.1 Å². The molecule has 0 saturated carbocycles. The van der Waals surface area contributed by atoms with E-state index in [1.54, 1.807) is 30.3 Å². The van der Waals surface area contributed by atoms with Crippen molar-refractivity contribution >= 4 is 33.0 Å². The molecule has 2 aromatic carbocycles. The summed E-state index contributed by atoms with van der Waals surface area (Å²) in [6.07, 6.45) is 0. The molecule has 0 spiro atoms. The number of nitrogens with one attached hydrogen (secondary N) is 2. The number of imidazole rings is 1. The Labute approximate surface area is 138 Å². The highest BCUT2D eigenvalue weighted by atomic mass is 32.2. The lowest BCUT2D eigenvalue weighted by atomic mass is 10.1. The second-order valence-electron chi connectivity index (χ2n) is 5.16. The van der Waals surface area contributed by atoms with Crippen LogP contribution in [0.2, 0.25) is 0 Å². The second kappa shape index (κ2) is 6.32. The van der Waals surface area contributed by atoms with Crippen LogP contribution in [0.4, 0.5) is 5.95 Å². The number of para-hydroxylation sites is 2. The lowest BCUT2D eigenvalue weighted by molar-refractivity contribution is 0.0600. The Hall–Kier alpha value is -2.87. The number of methoxy groups -OCH3 is 1. The summed E-state index contributed by atoms with van der Waals surface area (Å²) in [5.74, 6) is -0.644. The highest BCUT2D eigenvalue weighted by Crippen LogP contribution is 2.16. The molecular formula is C16H15N3O4S. The molecule has 24 heavy (non-hydrogen) atoms. The first-order valence-electron chi connectivity index (χ1n) is 7.09. The largest absolute Gasteiger partial charge is 0.465 e. The third kappa shape index (κ3) is 3.54. The van der Waals surface area contributed by atoms with E-state index in [0.717, 1.165) is 5.52 Å². The number of hydrogen-bond acceptors (Lipinski definition) is 5. The Kier molecular flexibility index (Phi) is 4.22. The summed E-state index contributed by atoms with van der Waals surface area (Å²) in [4.78, 5) is 18.6. The first kappa shape index (κ1) is 16.0. The van der Waals surface area contributed by atoms with Crippen LogP contribution >= 0.6 is 0 Å². The Morgan fingerprint density at radius 3 is 2.75 bits per heavy atom. The molecule has 0 atom stereocenters. The SMILES string of the molecule is COC(=O)c1cccc(CS(=O)(=O)Nc2nc3ccccc3[nH]2)c1. The number of H-pyrrole nitrogens is 1. The number of sulfonamides is 1. The normalized spacial score (nSPS) is 11.4. The van der Waals surface area contributed by atoms with Crippen molar-refractivity contribution in [2.45, 2.75) is 5.75 Å². The van der Waals surface area contributed by atoms with Gasteiger partial charge in [-0.1, -0.05) is 24.3 Å². The van der Waals surface area contributed by atoms with Crippen LogP contribution in [0.15, 0.2) is 48.5 Å². The van der Waals surface area contributed by atoms with E-state index >= 15 is 0 Å². The molecule has 0 fully saturated rings. The van der Waals surface area contributed by atoms with Gasteiger partial charge in [-0.25, -0.2) is 18.2 Å². The smallest absolute Gasteiger partial charge is 0.337 e. The fraction of sp³-hybridized carbons (Fsp3) is 0.125. The lowest BCUT2D eigenvalue weighted by Gasteiger charge is -2.06. The number of esters is 1. The van der Waals surface area contributed by atoms with E-state index in [2.05, 4.69) is 19.4 Å². The van der Waals surface area contributed by atoms with Crippen molar-refractivity contribution in [3.63, 3.8) is 0 Å². The van der Waals surface area contributed by atoms with E-state index in [4.69, 9.17) is 0 Å². The van der Waals surface area contributed by atoms with Gasteiger partial charge in [0.1, 0.15) is 0 Å². The molecule has 8 heteroatoms. The predicted octanol–water partition coefficient (Wildman–Crippen LogP) is 2.29. The van der Waals surface area contributed by atoms with Crippen molar-refractivity contribution in [3.8, 4) is 0 Å². The van der Waals surface area contributed by atoms with Crippen LogP contribution in [0.25, 0.3) is 11.0 Å². The number of aromatic amines is 1. The minimum Gasteiger partial charge on any atom is -0.465 e. The zero-order valence-electron chi connectivity index (χ0n) is 12.8. The summed E-state index contributed by atoms with van der Waals surface area (Å²) in [7, 11) is -2.41. The van der Waals surface area contributed by atoms with Crippen molar-refractivity contribution in [2.24, 2.45) is 0 Å². The third-order valence-electron chi connectivity index (χ3n) is 3.35. The number of benzene rings is 2. The number of nitrogens with zero attached hydrogens (tertiary/aromatic N) is 1. The molecule has 0 amide bonds. The van der Waals surface area contributed by atoms with Gasteiger partial charge in [-0.3, -0.25) is 4.72 Å². The maximum atomic E-state index is 12.3. The molecule has 0 aliphatic carbocycles. The van der Waals surface area contributed by atoms with E-state index in [0.29, 0.717) is 16.6 Å². The minimum atomic E-state index is -3.68. The topological polar surface area (TPSA) is 101 Å². The number of rotatable bonds is 5. The van der Waals surface area contributed by atoms with Crippen LogP contribution in [-0.4, -0.2) is 31.5 Å². The number of anilines is 1. The highest BCUT2D eigenvalue weighted by molar-refractivity contribution is 7.91. The maximum Gasteiger partial charge on any atom is 0.337 e. The molecule has 0 aliphatic heterocycles. The van der Waals surface area contributed by atoms with Gasteiger partial charge in [0, 0.05) is 0 Å². The third-order valence-corrected chi connectivity index (χ3v) is 4.56. The van der Waals surface area contributed by atoms with Gasteiger partial charge < -0.3 is 9.72 Å². The molecule has 0 saturated heterocycles. The van der Waals surface area contributed by atoms with Crippen LogP contribution < -0.4 is 4.72 Å². The maximum absolute atomic E-state index is 12.3. The quantitative estimate of drug-likeness (QED) is 0.691. The average Bonchev–Trinajstić information content (AvgIpc) is 2.95. The fourth-order valence-corrected chi connectivity index (χ4v) is 3.39. The van der Waals surface area contributed by atoms with Crippen LogP contribution in [-0.2, 0) is 20.5 Å². The summed E-state index contributed by atoms with van der Waals surface area (Å²) >= 11 is 0. The fourth-order valence-electron chi connectivity index (χ4n) is 2.31. The van der Waals surface area contributed by atoms with Crippen molar-refractivity contribution in [1.29, 1.82) is 0 Å². The molecule has 3 rings (SSSR count).